The fourth-order valence-corrected chi connectivity index (χ4v) is 3.25. The fourth-order valence-electron chi connectivity index (χ4n) is 3.25. The lowest BCUT2D eigenvalue weighted by atomic mass is 9.82. The summed E-state index contributed by atoms with van der Waals surface area (Å²) in [5.74, 6) is -0.782. The van der Waals surface area contributed by atoms with Gasteiger partial charge in [-0.2, -0.15) is 0 Å². The number of nitrogens with two attached hydrogens (primary N) is 1. The van der Waals surface area contributed by atoms with Gasteiger partial charge >= 0.3 is 12.1 Å². The van der Waals surface area contributed by atoms with Crippen molar-refractivity contribution in [2.24, 2.45) is 17.6 Å². The first-order valence-corrected chi connectivity index (χ1v) is 6.05. The van der Waals surface area contributed by atoms with E-state index in [1.165, 1.54) is 13.4 Å². The van der Waals surface area contributed by atoms with Crippen LogP contribution < -0.4 is 5.73 Å². The monoisotopic (exact) mass is 269 g/mol. The van der Waals surface area contributed by atoms with E-state index in [1.807, 2.05) is 6.92 Å². The van der Waals surface area contributed by atoms with E-state index in [0.717, 1.165) is 0 Å². The van der Waals surface area contributed by atoms with Gasteiger partial charge in [0.15, 0.2) is 0 Å². The number of fused-ring (bicyclic) bond motifs is 3. The average Bonchev–Trinajstić information content (AvgIpc) is 2.90. The number of hydrogen-bond acceptors (Lipinski definition) is 6. The third-order valence-corrected chi connectivity index (χ3v) is 4.22. The van der Waals surface area contributed by atoms with Crippen molar-refractivity contribution < 1.29 is 28.5 Å². The van der Waals surface area contributed by atoms with Crippen LogP contribution in [0.1, 0.15) is 13.3 Å². The van der Waals surface area contributed by atoms with Crippen LogP contribution in [0.3, 0.4) is 0 Å². The number of carbonyl (C=O) groups is 2. The van der Waals surface area contributed by atoms with Gasteiger partial charge in [-0.05, 0) is 13.3 Å². The normalized spacial score (nSPS) is 42.3. The molecular formula is C12H15NO6. The van der Waals surface area contributed by atoms with Crippen LogP contribution >= 0.6 is 0 Å². The summed E-state index contributed by atoms with van der Waals surface area (Å²) in [6.45, 7) is 1.92. The first-order valence-electron chi connectivity index (χ1n) is 6.05. The van der Waals surface area contributed by atoms with E-state index in [0.29, 0.717) is 12.0 Å². The molecule has 0 bridgehead atoms. The van der Waals surface area contributed by atoms with Crippen LogP contribution in [0.2, 0.25) is 0 Å². The summed E-state index contributed by atoms with van der Waals surface area (Å²) in [4.78, 5) is 22.6. The molecule has 104 valence electrons. The minimum atomic E-state index is -0.911. The molecular weight excluding hydrogens is 254 g/mol. The van der Waals surface area contributed by atoms with E-state index in [9.17, 15) is 9.59 Å². The van der Waals surface area contributed by atoms with Gasteiger partial charge in [0.2, 0.25) is 0 Å². The smallest absolute Gasteiger partial charge is 0.407 e. The van der Waals surface area contributed by atoms with E-state index >= 15 is 0 Å². The highest BCUT2D eigenvalue weighted by Gasteiger charge is 2.70. The zero-order valence-corrected chi connectivity index (χ0v) is 10.6. The lowest BCUT2D eigenvalue weighted by Crippen LogP contribution is -2.44. The molecule has 1 saturated carbocycles. The maximum Gasteiger partial charge on any atom is 0.407 e. The van der Waals surface area contributed by atoms with Crippen molar-refractivity contribution in [1.82, 2.24) is 0 Å². The fraction of sp³-hybridized carbons (Fsp3) is 0.667. The largest absolute Gasteiger partial charge is 0.466 e. The third kappa shape index (κ3) is 1.68. The van der Waals surface area contributed by atoms with Crippen LogP contribution in [-0.2, 0) is 23.7 Å². The first kappa shape index (κ1) is 12.3. The zero-order valence-electron chi connectivity index (χ0n) is 10.6. The number of amides is 1. The van der Waals surface area contributed by atoms with Gasteiger partial charge < -0.3 is 24.7 Å². The molecule has 7 nitrogen and oxygen atoms in total. The first-order chi connectivity index (χ1) is 8.97. The SMILES string of the molecule is COC(=O)C1=COC(OC(N)=O)C2C1CC1O[C@@]12C. The van der Waals surface area contributed by atoms with E-state index in [2.05, 4.69) is 0 Å². The highest BCUT2D eigenvalue weighted by molar-refractivity contribution is 5.89. The molecule has 3 aliphatic rings. The third-order valence-electron chi connectivity index (χ3n) is 4.22. The van der Waals surface area contributed by atoms with Crippen molar-refractivity contribution in [1.29, 1.82) is 0 Å². The molecule has 4 unspecified atom stereocenters. The molecule has 2 heterocycles. The predicted molar refractivity (Wildman–Crippen MR) is 60.5 cm³/mol. The molecule has 3 rings (SSSR count). The van der Waals surface area contributed by atoms with Crippen LogP contribution in [0, 0.1) is 11.8 Å². The van der Waals surface area contributed by atoms with Gasteiger partial charge in [0.25, 0.3) is 6.29 Å². The molecule has 5 atom stereocenters. The molecule has 0 radical (unpaired) electrons. The Hall–Kier alpha value is -1.76. The second kappa shape index (κ2) is 3.86. The summed E-state index contributed by atoms with van der Waals surface area (Å²) < 4.78 is 20.6. The Bertz CT molecular complexity index is 475. The van der Waals surface area contributed by atoms with Crippen LogP contribution in [0.4, 0.5) is 4.79 Å². The number of carbonyl (C=O) groups excluding carboxylic acids is 2. The Morgan fingerprint density at radius 1 is 1.53 bits per heavy atom. The minimum absolute atomic E-state index is 0.0521. The van der Waals surface area contributed by atoms with Gasteiger partial charge in [-0.15, -0.1) is 0 Å². The summed E-state index contributed by atoms with van der Waals surface area (Å²) in [7, 11) is 1.32. The Labute approximate surface area is 109 Å². The molecule has 19 heavy (non-hydrogen) atoms. The summed E-state index contributed by atoms with van der Waals surface area (Å²) in [5.41, 5.74) is 5.05. The summed E-state index contributed by atoms with van der Waals surface area (Å²) in [6.07, 6.45) is 0.301. The second-order valence-electron chi connectivity index (χ2n) is 5.16. The Morgan fingerprint density at radius 2 is 2.26 bits per heavy atom. The van der Waals surface area contributed by atoms with Gasteiger partial charge in [0.1, 0.15) is 5.60 Å². The number of rotatable bonds is 2. The zero-order chi connectivity index (χ0) is 13.8. The standard InChI is InChI=1S/C12H15NO6/c1-12-7(19-12)3-5-6(9(14)16-2)4-17-10(8(5)12)18-11(13)15/h4-5,7-8,10H,3H2,1-2H3,(H2,13,15)/t5?,7?,8?,10?,12-/m0/s1. The van der Waals surface area contributed by atoms with Gasteiger partial charge in [-0.25, -0.2) is 9.59 Å². The highest BCUT2D eigenvalue weighted by atomic mass is 16.7. The minimum Gasteiger partial charge on any atom is -0.466 e. The van der Waals surface area contributed by atoms with Gasteiger partial charge in [-0.3, -0.25) is 0 Å². The predicted octanol–water partition coefficient (Wildman–Crippen LogP) is 0.288. The maximum atomic E-state index is 11.7. The number of epoxide rings is 1. The number of methoxy groups -OCH3 is 1. The van der Waals surface area contributed by atoms with E-state index in [-0.39, 0.29) is 17.9 Å². The lowest BCUT2D eigenvalue weighted by Gasteiger charge is -2.35. The van der Waals surface area contributed by atoms with Crippen LogP contribution in [0.15, 0.2) is 11.8 Å². The van der Waals surface area contributed by atoms with E-state index in [1.54, 1.807) is 0 Å². The Kier molecular flexibility index (Phi) is 2.50. The van der Waals surface area contributed by atoms with E-state index in [4.69, 9.17) is 24.7 Å². The van der Waals surface area contributed by atoms with Gasteiger partial charge in [0.05, 0.1) is 31.0 Å². The topological polar surface area (TPSA) is 100 Å². The number of primary amides is 1. The molecule has 7 heteroatoms. The van der Waals surface area contributed by atoms with Crippen LogP contribution in [0.25, 0.3) is 0 Å². The second-order valence-corrected chi connectivity index (χ2v) is 5.16. The average molecular weight is 269 g/mol. The van der Waals surface area contributed by atoms with Gasteiger partial charge in [0, 0.05) is 5.92 Å². The lowest BCUT2D eigenvalue weighted by molar-refractivity contribution is -0.149. The number of hydrogen-bond donors (Lipinski definition) is 1. The summed E-state index contributed by atoms with van der Waals surface area (Å²) in [5, 5.41) is 0. The quantitative estimate of drug-likeness (QED) is 0.571. The number of ether oxygens (including phenoxy) is 4. The Balaban J connectivity index is 1.90. The van der Waals surface area contributed by atoms with Crippen LogP contribution in [-0.4, -0.2) is 37.2 Å². The molecule has 0 aromatic rings. The molecule has 1 aliphatic carbocycles. The molecule has 1 amide bonds. The molecule has 2 fully saturated rings. The van der Waals surface area contributed by atoms with Crippen molar-refractivity contribution >= 4 is 12.1 Å². The molecule has 0 aromatic carbocycles. The summed E-state index contributed by atoms with van der Waals surface area (Å²) >= 11 is 0. The van der Waals surface area contributed by atoms with Crippen LogP contribution in [0.5, 0.6) is 0 Å². The highest BCUT2D eigenvalue weighted by Crippen LogP contribution is 2.60. The van der Waals surface area contributed by atoms with Crippen molar-refractivity contribution in [2.45, 2.75) is 31.3 Å². The molecule has 0 aromatic heterocycles. The maximum absolute atomic E-state index is 11.7. The summed E-state index contributed by atoms with van der Waals surface area (Å²) in [6, 6.07) is 0. The Morgan fingerprint density at radius 3 is 2.89 bits per heavy atom. The molecule has 0 spiro atoms. The van der Waals surface area contributed by atoms with Crippen molar-refractivity contribution in [3.8, 4) is 0 Å². The van der Waals surface area contributed by atoms with Crippen molar-refractivity contribution in [3.63, 3.8) is 0 Å². The van der Waals surface area contributed by atoms with Crippen molar-refractivity contribution in [2.75, 3.05) is 7.11 Å². The van der Waals surface area contributed by atoms with Gasteiger partial charge in [-0.1, -0.05) is 0 Å². The molecule has 1 saturated heterocycles. The molecule has 2 N–H and O–H groups in total. The van der Waals surface area contributed by atoms with E-state index < -0.39 is 24.0 Å². The molecule has 2 aliphatic heterocycles. The van der Waals surface area contributed by atoms with Crippen molar-refractivity contribution in [3.05, 3.63) is 11.8 Å². The number of esters is 1.